The molecule has 0 unspecified atom stereocenters. The summed E-state index contributed by atoms with van der Waals surface area (Å²) >= 11 is 0. The number of hydrogen-bond acceptors (Lipinski definition) is 1. The summed E-state index contributed by atoms with van der Waals surface area (Å²) in [5.41, 5.74) is 4.32. The van der Waals surface area contributed by atoms with Crippen LogP contribution in [-0.4, -0.2) is 6.04 Å². The molecule has 0 amide bonds. The lowest BCUT2D eigenvalue weighted by molar-refractivity contribution is 0.587. The fourth-order valence-corrected chi connectivity index (χ4v) is 1.84. The number of hydrogen-bond donors (Lipinski definition) is 1. The molecule has 0 atom stereocenters. The van der Waals surface area contributed by atoms with Gasteiger partial charge < -0.3 is 5.32 Å². The summed E-state index contributed by atoms with van der Waals surface area (Å²) in [6, 6.07) is 7.58. The van der Waals surface area contributed by atoms with E-state index in [1.165, 1.54) is 16.7 Å². The minimum absolute atomic E-state index is 0.542. The largest absolute Gasteiger partial charge is 0.310 e. The maximum absolute atomic E-state index is 3.49. The molecule has 0 aliphatic rings. The molecule has 17 heavy (non-hydrogen) atoms. The summed E-state index contributed by atoms with van der Waals surface area (Å²) in [5, 5.41) is 3.49. The first-order valence-corrected chi connectivity index (χ1v) is 6.77. The van der Waals surface area contributed by atoms with Crippen molar-refractivity contribution in [2.45, 2.75) is 66.0 Å². The van der Waals surface area contributed by atoms with Gasteiger partial charge in [0, 0.05) is 12.6 Å². The molecule has 0 radical (unpaired) electrons. The van der Waals surface area contributed by atoms with Crippen LogP contribution in [0.4, 0.5) is 0 Å². The van der Waals surface area contributed by atoms with Crippen LogP contribution in [0.1, 0.15) is 70.1 Å². The van der Waals surface area contributed by atoms with Crippen LogP contribution in [0, 0.1) is 0 Å². The molecule has 1 aromatic rings. The Labute approximate surface area is 107 Å². The van der Waals surface area contributed by atoms with Crippen molar-refractivity contribution in [2.75, 3.05) is 0 Å². The second-order valence-electron chi connectivity index (χ2n) is 5.85. The smallest absolute Gasteiger partial charge is 0.0208 e. The lowest BCUT2D eigenvalue weighted by Crippen LogP contribution is -2.22. The SMILES string of the molecule is CC(C)NCc1cc(C(C)C)cc(C(C)C)c1. The Morgan fingerprint density at radius 2 is 1.29 bits per heavy atom. The lowest BCUT2D eigenvalue weighted by Gasteiger charge is -2.15. The molecule has 0 spiro atoms. The van der Waals surface area contributed by atoms with Crippen molar-refractivity contribution >= 4 is 0 Å². The lowest BCUT2D eigenvalue weighted by atomic mass is 9.93. The molecule has 0 bridgehead atoms. The standard InChI is InChI=1S/C16H27N/c1-11(2)15-7-14(10-17-13(5)6)8-16(9-15)12(3)4/h7-9,11-13,17H,10H2,1-6H3. The van der Waals surface area contributed by atoms with Crippen molar-refractivity contribution < 1.29 is 0 Å². The molecule has 1 nitrogen and oxygen atoms in total. The normalized spacial score (nSPS) is 11.8. The Bertz CT molecular complexity index is 324. The zero-order valence-electron chi connectivity index (χ0n) is 12.2. The first-order chi connectivity index (χ1) is 7.90. The zero-order chi connectivity index (χ0) is 13.0. The van der Waals surface area contributed by atoms with Crippen LogP contribution in [0.2, 0.25) is 0 Å². The third-order valence-electron chi connectivity index (χ3n) is 3.09. The van der Waals surface area contributed by atoms with Gasteiger partial charge in [0.05, 0.1) is 0 Å². The molecule has 0 saturated carbocycles. The van der Waals surface area contributed by atoms with Gasteiger partial charge in [0.15, 0.2) is 0 Å². The molecule has 0 saturated heterocycles. The monoisotopic (exact) mass is 233 g/mol. The highest BCUT2D eigenvalue weighted by atomic mass is 14.9. The van der Waals surface area contributed by atoms with Gasteiger partial charge in [-0.2, -0.15) is 0 Å². The average molecular weight is 233 g/mol. The molecular formula is C16H27N. The van der Waals surface area contributed by atoms with E-state index < -0.39 is 0 Å². The maximum Gasteiger partial charge on any atom is 0.0208 e. The van der Waals surface area contributed by atoms with Crippen molar-refractivity contribution in [2.24, 2.45) is 0 Å². The summed E-state index contributed by atoms with van der Waals surface area (Å²) in [6.45, 7) is 14.4. The Balaban J connectivity index is 2.95. The molecular weight excluding hydrogens is 206 g/mol. The second-order valence-corrected chi connectivity index (χ2v) is 5.85. The number of rotatable bonds is 5. The van der Waals surface area contributed by atoms with Crippen molar-refractivity contribution in [3.05, 3.63) is 34.9 Å². The van der Waals surface area contributed by atoms with Gasteiger partial charge in [-0.25, -0.2) is 0 Å². The van der Waals surface area contributed by atoms with Crippen LogP contribution >= 0.6 is 0 Å². The minimum atomic E-state index is 0.542. The third kappa shape index (κ3) is 4.51. The van der Waals surface area contributed by atoms with Gasteiger partial charge >= 0.3 is 0 Å². The summed E-state index contributed by atoms with van der Waals surface area (Å²) in [5.74, 6) is 1.21. The molecule has 96 valence electrons. The first-order valence-electron chi connectivity index (χ1n) is 6.77. The van der Waals surface area contributed by atoms with Gasteiger partial charge in [-0.15, -0.1) is 0 Å². The van der Waals surface area contributed by atoms with E-state index in [-0.39, 0.29) is 0 Å². The summed E-state index contributed by atoms with van der Waals surface area (Å²) in [6.07, 6.45) is 0. The predicted molar refractivity (Wildman–Crippen MR) is 76.6 cm³/mol. The van der Waals surface area contributed by atoms with Gasteiger partial charge in [0.25, 0.3) is 0 Å². The molecule has 1 N–H and O–H groups in total. The van der Waals surface area contributed by atoms with Crippen LogP contribution in [0.25, 0.3) is 0 Å². The van der Waals surface area contributed by atoms with E-state index in [1.807, 2.05) is 0 Å². The summed E-state index contributed by atoms with van der Waals surface area (Å²) in [7, 11) is 0. The molecule has 0 aliphatic carbocycles. The van der Waals surface area contributed by atoms with Crippen molar-refractivity contribution in [3.63, 3.8) is 0 Å². The Kier molecular flexibility index (Phi) is 5.20. The van der Waals surface area contributed by atoms with E-state index in [0.29, 0.717) is 17.9 Å². The van der Waals surface area contributed by atoms with Gasteiger partial charge in [0.1, 0.15) is 0 Å². The average Bonchev–Trinajstić information content (AvgIpc) is 2.25. The topological polar surface area (TPSA) is 12.0 Å². The fraction of sp³-hybridized carbons (Fsp3) is 0.625. The predicted octanol–water partition coefficient (Wildman–Crippen LogP) is 4.43. The molecule has 1 aromatic carbocycles. The van der Waals surface area contributed by atoms with Crippen LogP contribution in [-0.2, 0) is 6.54 Å². The Morgan fingerprint density at radius 1 is 0.824 bits per heavy atom. The van der Waals surface area contributed by atoms with Gasteiger partial charge in [0.2, 0.25) is 0 Å². The van der Waals surface area contributed by atoms with Crippen LogP contribution in [0.3, 0.4) is 0 Å². The minimum Gasteiger partial charge on any atom is -0.310 e. The zero-order valence-corrected chi connectivity index (χ0v) is 12.2. The first kappa shape index (κ1) is 14.2. The molecule has 1 rings (SSSR count). The summed E-state index contributed by atoms with van der Waals surface area (Å²) in [4.78, 5) is 0. The van der Waals surface area contributed by atoms with Crippen LogP contribution < -0.4 is 5.32 Å². The highest BCUT2D eigenvalue weighted by molar-refractivity contribution is 5.33. The van der Waals surface area contributed by atoms with Crippen molar-refractivity contribution in [3.8, 4) is 0 Å². The highest BCUT2D eigenvalue weighted by Gasteiger charge is 2.07. The number of benzene rings is 1. The Hall–Kier alpha value is -0.820. The van der Waals surface area contributed by atoms with Gasteiger partial charge in [-0.3, -0.25) is 0 Å². The van der Waals surface area contributed by atoms with E-state index in [1.54, 1.807) is 0 Å². The molecule has 0 aliphatic heterocycles. The fourth-order valence-electron chi connectivity index (χ4n) is 1.84. The molecule has 1 heteroatoms. The maximum atomic E-state index is 3.49. The third-order valence-corrected chi connectivity index (χ3v) is 3.09. The van der Waals surface area contributed by atoms with E-state index in [4.69, 9.17) is 0 Å². The van der Waals surface area contributed by atoms with E-state index in [9.17, 15) is 0 Å². The van der Waals surface area contributed by atoms with E-state index in [0.717, 1.165) is 6.54 Å². The molecule has 0 fully saturated rings. The number of nitrogens with one attached hydrogen (secondary N) is 1. The van der Waals surface area contributed by atoms with Gasteiger partial charge in [-0.1, -0.05) is 59.7 Å². The summed E-state index contributed by atoms with van der Waals surface area (Å²) < 4.78 is 0. The van der Waals surface area contributed by atoms with Crippen molar-refractivity contribution in [1.82, 2.24) is 5.32 Å². The van der Waals surface area contributed by atoms with Crippen LogP contribution in [0.15, 0.2) is 18.2 Å². The Morgan fingerprint density at radius 3 is 1.65 bits per heavy atom. The van der Waals surface area contributed by atoms with Crippen LogP contribution in [0.5, 0.6) is 0 Å². The van der Waals surface area contributed by atoms with Crippen molar-refractivity contribution in [1.29, 1.82) is 0 Å². The second kappa shape index (κ2) is 6.20. The quantitative estimate of drug-likeness (QED) is 0.793. The molecule has 0 aromatic heterocycles. The van der Waals surface area contributed by atoms with Gasteiger partial charge in [-0.05, 0) is 28.5 Å². The van der Waals surface area contributed by atoms with E-state index >= 15 is 0 Å². The molecule has 0 heterocycles. The highest BCUT2D eigenvalue weighted by Crippen LogP contribution is 2.23. The van der Waals surface area contributed by atoms with E-state index in [2.05, 4.69) is 65.1 Å².